The first-order valence-electron chi connectivity index (χ1n) is 5.83. The number of terminal acetylenes is 1. The molecule has 0 aromatic heterocycles. The topological polar surface area (TPSA) is 58.2 Å². The van der Waals surface area contributed by atoms with Gasteiger partial charge in [0, 0.05) is 24.2 Å². The second-order valence-corrected chi connectivity index (χ2v) is 4.25. The fourth-order valence-electron chi connectivity index (χ4n) is 1.89. The minimum absolute atomic E-state index is 0.00776. The average molecular weight is 242 g/mol. The molecule has 4 nitrogen and oxygen atoms in total. The van der Waals surface area contributed by atoms with Gasteiger partial charge in [-0.2, -0.15) is 0 Å². The van der Waals surface area contributed by atoms with E-state index in [9.17, 15) is 9.59 Å². The highest BCUT2D eigenvalue weighted by atomic mass is 16.2. The molecular formula is C14H14N2O2. The first kappa shape index (κ1) is 12.2. The third-order valence-electron chi connectivity index (χ3n) is 2.93. The van der Waals surface area contributed by atoms with Crippen molar-refractivity contribution in [3.05, 3.63) is 29.8 Å². The molecular weight excluding hydrogens is 228 g/mol. The Hall–Kier alpha value is -2.28. The van der Waals surface area contributed by atoms with Crippen molar-refractivity contribution in [3.8, 4) is 12.3 Å². The van der Waals surface area contributed by atoms with Crippen molar-refractivity contribution in [2.45, 2.75) is 12.8 Å². The molecule has 1 aromatic carbocycles. The van der Waals surface area contributed by atoms with E-state index in [-0.39, 0.29) is 17.7 Å². The summed E-state index contributed by atoms with van der Waals surface area (Å²) in [5, 5.41) is 5.50. The van der Waals surface area contributed by atoms with E-state index in [4.69, 9.17) is 6.42 Å². The predicted octanol–water partition coefficient (Wildman–Crippen LogP) is 1.13. The average Bonchev–Trinajstić information content (AvgIpc) is 2.39. The molecule has 0 spiro atoms. The first-order valence-corrected chi connectivity index (χ1v) is 5.83. The molecule has 2 rings (SSSR count). The van der Waals surface area contributed by atoms with E-state index >= 15 is 0 Å². The van der Waals surface area contributed by atoms with Crippen LogP contribution >= 0.6 is 0 Å². The van der Waals surface area contributed by atoms with E-state index in [0.29, 0.717) is 25.1 Å². The normalized spacial score (nSPS) is 18.6. The highest BCUT2D eigenvalue weighted by molar-refractivity contribution is 5.94. The summed E-state index contributed by atoms with van der Waals surface area (Å²) < 4.78 is 0. The number of carbonyl (C=O) groups excluding carboxylic acids is 2. The van der Waals surface area contributed by atoms with Gasteiger partial charge in [-0.05, 0) is 24.6 Å². The molecule has 18 heavy (non-hydrogen) atoms. The van der Waals surface area contributed by atoms with Gasteiger partial charge in [0.2, 0.25) is 11.8 Å². The molecule has 1 saturated heterocycles. The zero-order valence-electron chi connectivity index (χ0n) is 9.90. The van der Waals surface area contributed by atoms with E-state index in [2.05, 4.69) is 16.6 Å². The highest BCUT2D eigenvalue weighted by Crippen LogP contribution is 2.15. The molecule has 0 saturated carbocycles. The Morgan fingerprint density at radius 1 is 1.50 bits per heavy atom. The third-order valence-corrected chi connectivity index (χ3v) is 2.93. The summed E-state index contributed by atoms with van der Waals surface area (Å²) in [6.07, 6.45) is 6.29. The van der Waals surface area contributed by atoms with Gasteiger partial charge in [0.25, 0.3) is 0 Å². The van der Waals surface area contributed by atoms with Crippen molar-refractivity contribution in [2.24, 2.45) is 5.92 Å². The molecule has 0 radical (unpaired) electrons. The largest absolute Gasteiger partial charge is 0.355 e. The molecule has 0 aliphatic carbocycles. The van der Waals surface area contributed by atoms with Crippen molar-refractivity contribution < 1.29 is 9.59 Å². The van der Waals surface area contributed by atoms with Gasteiger partial charge in [0.05, 0.1) is 5.92 Å². The van der Waals surface area contributed by atoms with Gasteiger partial charge in [-0.25, -0.2) is 0 Å². The van der Waals surface area contributed by atoms with E-state index in [1.165, 1.54) is 0 Å². The second-order valence-electron chi connectivity index (χ2n) is 4.25. The summed E-state index contributed by atoms with van der Waals surface area (Å²) in [5.41, 5.74) is 1.41. The van der Waals surface area contributed by atoms with Crippen LogP contribution in [0.25, 0.3) is 0 Å². The molecule has 2 N–H and O–H groups in total. The van der Waals surface area contributed by atoms with Crippen LogP contribution in [-0.4, -0.2) is 18.4 Å². The number of anilines is 1. The smallest absolute Gasteiger partial charge is 0.229 e. The van der Waals surface area contributed by atoms with Gasteiger partial charge in [-0.1, -0.05) is 12.0 Å². The minimum atomic E-state index is -0.169. The molecule has 0 bridgehead atoms. The van der Waals surface area contributed by atoms with Crippen LogP contribution in [0, 0.1) is 18.3 Å². The van der Waals surface area contributed by atoms with E-state index < -0.39 is 0 Å². The molecule has 1 aromatic rings. The summed E-state index contributed by atoms with van der Waals surface area (Å²) >= 11 is 0. The van der Waals surface area contributed by atoms with E-state index in [1.54, 1.807) is 24.3 Å². The van der Waals surface area contributed by atoms with Gasteiger partial charge in [-0.3, -0.25) is 9.59 Å². The van der Waals surface area contributed by atoms with Crippen LogP contribution in [0.1, 0.15) is 18.4 Å². The van der Waals surface area contributed by atoms with Crippen molar-refractivity contribution >= 4 is 17.5 Å². The third kappa shape index (κ3) is 2.89. The molecule has 4 heteroatoms. The van der Waals surface area contributed by atoms with Crippen molar-refractivity contribution in [1.82, 2.24) is 5.32 Å². The maximum absolute atomic E-state index is 12.0. The Kier molecular flexibility index (Phi) is 3.63. The molecule has 1 heterocycles. The predicted molar refractivity (Wildman–Crippen MR) is 68.7 cm³/mol. The number of hydrogen-bond acceptors (Lipinski definition) is 2. The number of hydrogen-bond donors (Lipinski definition) is 2. The number of carbonyl (C=O) groups is 2. The van der Waals surface area contributed by atoms with Crippen LogP contribution in [0.15, 0.2) is 24.3 Å². The molecule has 1 aliphatic rings. The Labute approximate surface area is 106 Å². The lowest BCUT2D eigenvalue weighted by molar-refractivity contribution is -0.126. The van der Waals surface area contributed by atoms with Crippen LogP contribution in [0.2, 0.25) is 0 Å². The summed E-state index contributed by atoms with van der Waals surface area (Å²) in [5.74, 6) is 2.28. The molecule has 1 atom stereocenters. The Morgan fingerprint density at radius 2 is 2.33 bits per heavy atom. The molecule has 1 unspecified atom stereocenters. The van der Waals surface area contributed by atoms with Crippen molar-refractivity contribution in [2.75, 3.05) is 11.9 Å². The lowest BCUT2D eigenvalue weighted by atomic mass is 9.98. The summed E-state index contributed by atoms with van der Waals surface area (Å²) in [7, 11) is 0. The number of rotatable bonds is 2. The highest BCUT2D eigenvalue weighted by Gasteiger charge is 2.24. The second kappa shape index (κ2) is 5.37. The van der Waals surface area contributed by atoms with Gasteiger partial charge >= 0.3 is 0 Å². The Balaban J connectivity index is 1.98. The maximum atomic E-state index is 12.0. The zero-order chi connectivity index (χ0) is 13.0. The summed E-state index contributed by atoms with van der Waals surface area (Å²) in [6.45, 7) is 0.402. The van der Waals surface area contributed by atoms with Crippen LogP contribution in [0.5, 0.6) is 0 Å². The number of benzene rings is 1. The summed E-state index contributed by atoms with van der Waals surface area (Å²) in [4.78, 5) is 23.0. The standard InChI is InChI=1S/C14H14N2O2/c1-2-10-4-3-5-12(8-10)16-14(18)11-6-7-13(17)15-9-11/h1,3-5,8,11H,6-7,9H2,(H,15,17)(H,16,18). The van der Waals surface area contributed by atoms with Crippen molar-refractivity contribution in [3.63, 3.8) is 0 Å². The number of piperidine rings is 1. The fourth-order valence-corrected chi connectivity index (χ4v) is 1.89. The van der Waals surface area contributed by atoms with Crippen LogP contribution < -0.4 is 10.6 Å². The van der Waals surface area contributed by atoms with Crippen LogP contribution in [-0.2, 0) is 9.59 Å². The quantitative estimate of drug-likeness (QED) is 0.764. The minimum Gasteiger partial charge on any atom is -0.355 e. The Morgan fingerprint density at radius 3 is 3.00 bits per heavy atom. The van der Waals surface area contributed by atoms with Crippen molar-refractivity contribution in [1.29, 1.82) is 0 Å². The van der Waals surface area contributed by atoms with Gasteiger partial charge in [0.15, 0.2) is 0 Å². The Bertz CT molecular complexity index is 507. The SMILES string of the molecule is C#Cc1cccc(NC(=O)C2CCC(=O)NC2)c1. The molecule has 92 valence electrons. The molecule has 2 amide bonds. The monoisotopic (exact) mass is 242 g/mol. The van der Waals surface area contributed by atoms with Crippen LogP contribution in [0.4, 0.5) is 5.69 Å². The molecule has 1 fully saturated rings. The van der Waals surface area contributed by atoms with Gasteiger partial charge < -0.3 is 10.6 Å². The van der Waals surface area contributed by atoms with Crippen LogP contribution in [0.3, 0.4) is 0 Å². The first-order chi connectivity index (χ1) is 8.69. The zero-order valence-corrected chi connectivity index (χ0v) is 9.90. The van der Waals surface area contributed by atoms with E-state index in [0.717, 1.165) is 5.56 Å². The van der Waals surface area contributed by atoms with E-state index in [1.807, 2.05) is 0 Å². The number of amides is 2. The maximum Gasteiger partial charge on any atom is 0.229 e. The van der Waals surface area contributed by atoms with Gasteiger partial charge in [-0.15, -0.1) is 6.42 Å². The van der Waals surface area contributed by atoms with Gasteiger partial charge in [0.1, 0.15) is 0 Å². The lowest BCUT2D eigenvalue weighted by Crippen LogP contribution is -2.40. The fraction of sp³-hybridized carbons (Fsp3) is 0.286. The number of nitrogens with one attached hydrogen (secondary N) is 2. The lowest BCUT2D eigenvalue weighted by Gasteiger charge is -2.21. The summed E-state index contributed by atoms with van der Waals surface area (Å²) in [6, 6.07) is 7.14. The molecule has 1 aliphatic heterocycles.